The fourth-order valence-corrected chi connectivity index (χ4v) is 2.61. The molecule has 0 radical (unpaired) electrons. The molecule has 0 saturated heterocycles. The molecule has 0 atom stereocenters. The van der Waals surface area contributed by atoms with Gasteiger partial charge in [-0.25, -0.2) is 4.98 Å². The number of nitrogens with one attached hydrogen (secondary N) is 1. The summed E-state index contributed by atoms with van der Waals surface area (Å²) in [6.07, 6.45) is 4.26. The molecule has 0 spiro atoms. The molecule has 1 aliphatic rings. The van der Waals surface area contributed by atoms with E-state index in [2.05, 4.69) is 10.3 Å². The zero-order chi connectivity index (χ0) is 16.8. The second kappa shape index (κ2) is 7.71. The Hall–Kier alpha value is -2.44. The number of nitrogens with zero attached hydrogens (tertiary/aromatic N) is 1. The fraction of sp³-hybridized carbons (Fsp3) is 0.500. The fourth-order valence-electron chi connectivity index (χ4n) is 2.61. The molecule has 1 amide bonds. The first-order valence-corrected chi connectivity index (χ1v) is 7.57. The minimum absolute atomic E-state index is 0.0125. The summed E-state index contributed by atoms with van der Waals surface area (Å²) in [5.74, 6) is -1.02. The molecule has 1 N–H and O–H groups in total. The number of aromatic nitrogens is 1. The number of pyridine rings is 1. The lowest BCUT2D eigenvalue weighted by Gasteiger charge is -2.28. The Kier molecular flexibility index (Phi) is 5.67. The largest absolute Gasteiger partial charge is 0.463 e. The smallest absolute Gasteiger partial charge is 0.308 e. The zero-order valence-electron chi connectivity index (χ0n) is 13.2. The van der Waals surface area contributed by atoms with Crippen LogP contribution in [0.25, 0.3) is 0 Å². The van der Waals surface area contributed by atoms with Crippen LogP contribution in [0.5, 0.6) is 5.75 Å². The van der Waals surface area contributed by atoms with Gasteiger partial charge in [0.2, 0.25) is 0 Å². The highest BCUT2D eigenvalue weighted by atomic mass is 16.5. The van der Waals surface area contributed by atoms with Crippen LogP contribution >= 0.6 is 0 Å². The second-order valence-electron chi connectivity index (χ2n) is 5.50. The predicted molar refractivity (Wildman–Crippen MR) is 80.8 cm³/mol. The number of hydrogen-bond donors (Lipinski definition) is 1. The van der Waals surface area contributed by atoms with Crippen LogP contribution in [0.4, 0.5) is 0 Å². The van der Waals surface area contributed by atoms with E-state index < -0.39 is 5.97 Å². The maximum atomic E-state index is 12.3. The third-order valence-corrected chi connectivity index (χ3v) is 3.58. The zero-order valence-corrected chi connectivity index (χ0v) is 13.2. The lowest BCUT2D eigenvalue weighted by molar-refractivity contribution is -0.148. The standard InChI is InChI=1S/C16H20N2O5/c1-10(19)22-13-7-5-12(6-8-13)18-16(21)15-14(23-11(2)20)4-3-9-17-15/h3-4,9,12-13H,5-8H2,1-2H3,(H,18,21). The minimum atomic E-state index is -0.506. The van der Waals surface area contributed by atoms with E-state index in [1.807, 2.05) is 0 Å². The van der Waals surface area contributed by atoms with Crippen LogP contribution in [-0.2, 0) is 14.3 Å². The summed E-state index contributed by atoms with van der Waals surface area (Å²) in [5, 5.41) is 2.89. The second-order valence-corrected chi connectivity index (χ2v) is 5.50. The lowest BCUT2D eigenvalue weighted by Crippen LogP contribution is -2.39. The van der Waals surface area contributed by atoms with Gasteiger partial charge in [0, 0.05) is 26.1 Å². The van der Waals surface area contributed by atoms with E-state index in [0.29, 0.717) is 12.8 Å². The van der Waals surface area contributed by atoms with Crippen molar-refractivity contribution in [2.75, 3.05) is 0 Å². The van der Waals surface area contributed by atoms with Crippen molar-refractivity contribution in [3.63, 3.8) is 0 Å². The number of ether oxygens (including phenoxy) is 2. The third-order valence-electron chi connectivity index (χ3n) is 3.58. The molecule has 1 aromatic heterocycles. The van der Waals surface area contributed by atoms with Crippen molar-refractivity contribution in [1.29, 1.82) is 0 Å². The van der Waals surface area contributed by atoms with Crippen LogP contribution in [0, 0.1) is 0 Å². The molecule has 0 aromatic carbocycles. The van der Waals surface area contributed by atoms with E-state index in [9.17, 15) is 14.4 Å². The Labute approximate surface area is 134 Å². The van der Waals surface area contributed by atoms with Gasteiger partial charge in [-0.2, -0.15) is 0 Å². The first-order valence-electron chi connectivity index (χ1n) is 7.57. The molecule has 1 aromatic rings. The molecular formula is C16H20N2O5. The van der Waals surface area contributed by atoms with Gasteiger partial charge in [0.1, 0.15) is 6.10 Å². The lowest BCUT2D eigenvalue weighted by atomic mass is 9.93. The summed E-state index contributed by atoms with van der Waals surface area (Å²) in [4.78, 5) is 38.3. The normalized spacial score (nSPS) is 20.4. The predicted octanol–water partition coefficient (Wildman–Crippen LogP) is 1.61. The number of rotatable bonds is 4. The summed E-state index contributed by atoms with van der Waals surface area (Å²) in [7, 11) is 0. The first-order chi connectivity index (χ1) is 11.0. The molecule has 124 valence electrons. The van der Waals surface area contributed by atoms with Crippen LogP contribution in [0.15, 0.2) is 18.3 Å². The molecule has 0 aliphatic heterocycles. The number of carbonyl (C=O) groups excluding carboxylic acids is 3. The SMILES string of the molecule is CC(=O)Oc1cccnc1C(=O)NC1CCC(OC(C)=O)CC1. The van der Waals surface area contributed by atoms with Crippen molar-refractivity contribution in [3.05, 3.63) is 24.0 Å². The number of amides is 1. The molecule has 7 heteroatoms. The Morgan fingerprint density at radius 3 is 2.43 bits per heavy atom. The van der Waals surface area contributed by atoms with E-state index in [4.69, 9.17) is 9.47 Å². The Balaban J connectivity index is 1.93. The maximum absolute atomic E-state index is 12.3. The van der Waals surface area contributed by atoms with Crippen molar-refractivity contribution in [1.82, 2.24) is 10.3 Å². The molecular weight excluding hydrogens is 300 g/mol. The van der Waals surface area contributed by atoms with Crippen LogP contribution in [0.1, 0.15) is 50.0 Å². The van der Waals surface area contributed by atoms with Crippen molar-refractivity contribution in [3.8, 4) is 5.75 Å². The van der Waals surface area contributed by atoms with Crippen molar-refractivity contribution < 1.29 is 23.9 Å². The van der Waals surface area contributed by atoms with Gasteiger partial charge >= 0.3 is 11.9 Å². The van der Waals surface area contributed by atoms with E-state index in [-0.39, 0.29) is 35.5 Å². The average Bonchev–Trinajstić information content (AvgIpc) is 2.48. The number of hydrogen-bond acceptors (Lipinski definition) is 6. The molecule has 0 bridgehead atoms. The summed E-state index contributed by atoms with van der Waals surface area (Å²) in [5.41, 5.74) is 0.0878. The first kappa shape index (κ1) is 16.9. The van der Waals surface area contributed by atoms with Crippen LogP contribution in [-0.4, -0.2) is 35.0 Å². The number of carbonyl (C=O) groups is 3. The van der Waals surface area contributed by atoms with Crippen LogP contribution in [0.3, 0.4) is 0 Å². The number of esters is 2. The molecule has 1 aliphatic carbocycles. The summed E-state index contributed by atoms with van der Waals surface area (Å²) in [6, 6.07) is 3.11. The highest BCUT2D eigenvalue weighted by Crippen LogP contribution is 2.22. The minimum Gasteiger partial charge on any atom is -0.463 e. The quantitative estimate of drug-likeness (QED) is 0.847. The average molecular weight is 320 g/mol. The molecule has 0 unspecified atom stereocenters. The summed E-state index contributed by atoms with van der Waals surface area (Å²) in [6.45, 7) is 2.66. The topological polar surface area (TPSA) is 94.6 Å². The van der Waals surface area contributed by atoms with Gasteiger partial charge in [0.25, 0.3) is 5.91 Å². The van der Waals surface area contributed by atoms with E-state index in [1.165, 1.54) is 26.1 Å². The molecule has 23 heavy (non-hydrogen) atoms. The van der Waals surface area contributed by atoms with E-state index in [0.717, 1.165) is 12.8 Å². The monoisotopic (exact) mass is 320 g/mol. The van der Waals surface area contributed by atoms with Crippen molar-refractivity contribution in [2.24, 2.45) is 0 Å². The van der Waals surface area contributed by atoms with Gasteiger partial charge in [0.05, 0.1) is 0 Å². The third kappa shape index (κ3) is 5.05. The van der Waals surface area contributed by atoms with Gasteiger partial charge in [-0.05, 0) is 37.8 Å². The summed E-state index contributed by atoms with van der Waals surface area (Å²) >= 11 is 0. The Morgan fingerprint density at radius 2 is 1.83 bits per heavy atom. The highest BCUT2D eigenvalue weighted by molar-refractivity contribution is 5.95. The molecule has 7 nitrogen and oxygen atoms in total. The van der Waals surface area contributed by atoms with Crippen LogP contribution < -0.4 is 10.1 Å². The Bertz CT molecular complexity index is 594. The highest BCUT2D eigenvalue weighted by Gasteiger charge is 2.25. The summed E-state index contributed by atoms with van der Waals surface area (Å²) < 4.78 is 10.2. The maximum Gasteiger partial charge on any atom is 0.308 e. The van der Waals surface area contributed by atoms with E-state index in [1.54, 1.807) is 6.07 Å². The van der Waals surface area contributed by atoms with E-state index >= 15 is 0 Å². The Morgan fingerprint density at radius 1 is 1.13 bits per heavy atom. The van der Waals surface area contributed by atoms with Gasteiger partial charge < -0.3 is 14.8 Å². The van der Waals surface area contributed by atoms with Crippen LogP contribution in [0.2, 0.25) is 0 Å². The molecule has 2 rings (SSSR count). The van der Waals surface area contributed by atoms with Gasteiger partial charge in [-0.15, -0.1) is 0 Å². The van der Waals surface area contributed by atoms with Gasteiger partial charge in [0.15, 0.2) is 11.4 Å². The van der Waals surface area contributed by atoms with Gasteiger partial charge in [-0.1, -0.05) is 0 Å². The molecule has 1 fully saturated rings. The van der Waals surface area contributed by atoms with Crippen molar-refractivity contribution in [2.45, 2.75) is 51.7 Å². The van der Waals surface area contributed by atoms with Crippen molar-refractivity contribution >= 4 is 17.8 Å². The molecule has 1 heterocycles. The van der Waals surface area contributed by atoms with Gasteiger partial charge in [-0.3, -0.25) is 14.4 Å². The molecule has 1 saturated carbocycles.